The molecule has 1 amide bonds. The van der Waals surface area contributed by atoms with Gasteiger partial charge < -0.3 is 15.0 Å². The van der Waals surface area contributed by atoms with Gasteiger partial charge in [-0.05, 0) is 29.8 Å². The lowest BCUT2D eigenvalue weighted by molar-refractivity contribution is -0.141. The first-order valence-corrected chi connectivity index (χ1v) is 8.08. The van der Waals surface area contributed by atoms with E-state index in [1.165, 1.54) is 6.07 Å². The van der Waals surface area contributed by atoms with E-state index in [0.29, 0.717) is 19.6 Å². The highest BCUT2D eigenvalue weighted by Gasteiger charge is 2.33. The Bertz CT molecular complexity index is 761. The van der Waals surface area contributed by atoms with Crippen LogP contribution in [0.5, 0.6) is 5.75 Å². The summed E-state index contributed by atoms with van der Waals surface area (Å²) in [5.74, 6) is 0.416. The fraction of sp³-hybridized carbons (Fsp3) is 0.333. The molecule has 0 spiro atoms. The van der Waals surface area contributed by atoms with Crippen molar-refractivity contribution < 1.29 is 22.7 Å². The smallest absolute Gasteiger partial charge is 0.433 e. The van der Waals surface area contributed by atoms with Crippen molar-refractivity contribution in [2.45, 2.75) is 12.2 Å². The molecule has 26 heavy (non-hydrogen) atoms. The fourth-order valence-electron chi connectivity index (χ4n) is 2.86. The molecular formula is C18H18F3N3O2. The highest BCUT2D eigenvalue weighted by Crippen LogP contribution is 2.27. The van der Waals surface area contributed by atoms with E-state index in [2.05, 4.69) is 10.3 Å². The minimum Gasteiger partial charge on any atom is -0.497 e. The second-order valence-electron chi connectivity index (χ2n) is 5.96. The van der Waals surface area contributed by atoms with E-state index in [1.54, 1.807) is 12.0 Å². The Morgan fingerprint density at radius 2 is 1.96 bits per heavy atom. The second-order valence-corrected chi connectivity index (χ2v) is 5.96. The van der Waals surface area contributed by atoms with Crippen LogP contribution in [0.15, 0.2) is 42.6 Å². The Kier molecular flexibility index (Phi) is 5.13. The van der Waals surface area contributed by atoms with Gasteiger partial charge in [0.25, 0.3) is 5.91 Å². The molecule has 2 heterocycles. The molecule has 5 nitrogen and oxygen atoms in total. The Hall–Kier alpha value is -2.61. The van der Waals surface area contributed by atoms with E-state index in [1.807, 2.05) is 24.3 Å². The molecule has 1 aliphatic heterocycles. The van der Waals surface area contributed by atoms with Gasteiger partial charge in [0, 0.05) is 31.9 Å². The third-order valence-electron chi connectivity index (χ3n) is 4.28. The molecule has 1 atom stereocenters. The van der Waals surface area contributed by atoms with E-state index in [4.69, 9.17) is 4.74 Å². The largest absolute Gasteiger partial charge is 0.497 e. The average Bonchev–Trinajstić information content (AvgIpc) is 2.67. The van der Waals surface area contributed by atoms with Crippen molar-refractivity contribution in [3.8, 4) is 5.75 Å². The van der Waals surface area contributed by atoms with Crippen LogP contribution in [0.3, 0.4) is 0 Å². The number of pyridine rings is 1. The number of benzene rings is 1. The van der Waals surface area contributed by atoms with Gasteiger partial charge in [0.1, 0.15) is 11.4 Å². The number of nitrogens with one attached hydrogen (secondary N) is 1. The molecule has 2 aromatic rings. The first-order valence-electron chi connectivity index (χ1n) is 8.08. The van der Waals surface area contributed by atoms with E-state index < -0.39 is 11.9 Å². The lowest BCUT2D eigenvalue weighted by Crippen LogP contribution is -2.48. The summed E-state index contributed by atoms with van der Waals surface area (Å²) in [4.78, 5) is 17.6. The predicted molar refractivity (Wildman–Crippen MR) is 88.9 cm³/mol. The minimum atomic E-state index is -4.52. The van der Waals surface area contributed by atoms with Gasteiger partial charge in [-0.25, -0.2) is 0 Å². The SMILES string of the molecule is COc1ccc(C2CN(C(=O)c3ccc(C(F)(F)F)nc3)CCN2)cc1. The zero-order chi connectivity index (χ0) is 18.7. The molecule has 1 saturated heterocycles. The topological polar surface area (TPSA) is 54.5 Å². The Labute approximate surface area is 148 Å². The number of methoxy groups -OCH3 is 1. The highest BCUT2D eigenvalue weighted by molar-refractivity contribution is 5.94. The first-order chi connectivity index (χ1) is 12.4. The monoisotopic (exact) mass is 365 g/mol. The number of rotatable bonds is 3. The van der Waals surface area contributed by atoms with E-state index in [-0.39, 0.29) is 17.5 Å². The van der Waals surface area contributed by atoms with Gasteiger partial charge in [0.05, 0.1) is 12.7 Å². The van der Waals surface area contributed by atoms with Gasteiger partial charge >= 0.3 is 6.18 Å². The molecule has 0 radical (unpaired) electrons. The highest BCUT2D eigenvalue weighted by atomic mass is 19.4. The molecule has 0 aliphatic carbocycles. The van der Waals surface area contributed by atoms with Crippen molar-refractivity contribution in [2.24, 2.45) is 0 Å². The van der Waals surface area contributed by atoms with Crippen LogP contribution in [0.1, 0.15) is 27.7 Å². The van der Waals surface area contributed by atoms with Crippen LogP contribution in [0.4, 0.5) is 13.2 Å². The number of hydrogen-bond acceptors (Lipinski definition) is 4. The Morgan fingerprint density at radius 3 is 2.54 bits per heavy atom. The molecule has 1 unspecified atom stereocenters. The minimum absolute atomic E-state index is 0.0546. The summed E-state index contributed by atoms with van der Waals surface area (Å²) in [5.41, 5.74) is 0.146. The predicted octanol–water partition coefficient (Wildman–Crippen LogP) is 2.90. The number of carbonyl (C=O) groups excluding carboxylic acids is 1. The number of nitrogens with zero attached hydrogens (tertiary/aromatic N) is 2. The summed E-state index contributed by atoms with van der Waals surface area (Å²) < 4.78 is 42.9. The second kappa shape index (κ2) is 7.33. The summed E-state index contributed by atoms with van der Waals surface area (Å²) in [6, 6.07) is 9.48. The van der Waals surface area contributed by atoms with Crippen LogP contribution < -0.4 is 10.1 Å². The number of aromatic nitrogens is 1. The van der Waals surface area contributed by atoms with Crippen molar-refractivity contribution in [2.75, 3.05) is 26.7 Å². The summed E-state index contributed by atoms with van der Waals surface area (Å²) in [6.45, 7) is 1.50. The van der Waals surface area contributed by atoms with Gasteiger partial charge in [0.15, 0.2) is 0 Å². The van der Waals surface area contributed by atoms with Gasteiger partial charge in [-0.15, -0.1) is 0 Å². The maximum atomic E-state index is 12.6. The molecular weight excluding hydrogens is 347 g/mol. The van der Waals surface area contributed by atoms with Crippen LogP contribution in [-0.4, -0.2) is 42.5 Å². The Balaban J connectivity index is 1.71. The van der Waals surface area contributed by atoms with Crippen molar-refractivity contribution in [3.63, 3.8) is 0 Å². The van der Waals surface area contributed by atoms with Crippen molar-refractivity contribution in [1.82, 2.24) is 15.2 Å². The standard InChI is InChI=1S/C18H18F3N3O2/c1-26-14-5-2-12(3-6-14)15-11-24(9-8-22-15)17(25)13-4-7-16(23-10-13)18(19,20)21/h2-7,10,15,22H,8-9,11H2,1H3. The van der Waals surface area contributed by atoms with Gasteiger partial charge in [0.2, 0.25) is 0 Å². The molecule has 1 aromatic carbocycles. The molecule has 1 aromatic heterocycles. The summed E-state index contributed by atoms with van der Waals surface area (Å²) in [5, 5.41) is 3.34. The number of hydrogen-bond donors (Lipinski definition) is 1. The fourth-order valence-corrected chi connectivity index (χ4v) is 2.86. The number of piperazine rings is 1. The zero-order valence-electron chi connectivity index (χ0n) is 14.1. The van der Waals surface area contributed by atoms with E-state index >= 15 is 0 Å². The van der Waals surface area contributed by atoms with Crippen LogP contribution in [0.2, 0.25) is 0 Å². The van der Waals surface area contributed by atoms with E-state index in [0.717, 1.165) is 23.6 Å². The molecule has 3 rings (SSSR count). The summed E-state index contributed by atoms with van der Waals surface area (Å²) >= 11 is 0. The van der Waals surface area contributed by atoms with Crippen LogP contribution in [-0.2, 0) is 6.18 Å². The first kappa shape index (κ1) is 18.2. The van der Waals surface area contributed by atoms with Crippen molar-refractivity contribution in [1.29, 1.82) is 0 Å². The van der Waals surface area contributed by atoms with Gasteiger partial charge in [-0.1, -0.05) is 12.1 Å². The molecule has 0 saturated carbocycles. The number of alkyl halides is 3. The summed E-state index contributed by atoms with van der Waals surface area (Å²) in [7, 11) is 1.59. The zero-order valence-corrected chi connectivity index (χ0v) is 14.1. The normalized spacial score (nSPS) is 17.8. The molecule has 0 bridgehead atoms. The van der Waals surface area contributed by atoms with Crippen molar-refractivity contribution >= 4 is 5.91 Å². The third-order valence-corrected chi connectivity index (χ3v) is 4.28. The molecule has 138 valence electrons. The quantitative estimate of drug-likeness (QED) is 0.909. The maximum absolute atomic E-state index is 12.6. The number of ether oxygens (including phenoxy) is 1. The van der Waals surface area contributed by atoms with E-state index in [9.17, 15) is 18.0 Å². The van der Waals surface area contributed by atoms with Crippen LogP contribution >= 0.6 is 0 Å². The van der Waals surface area contributed by atoms with Gasteiger partial charge in [-0.2, -0.15) is 13.2 Å². The third kappa shape index (κ3) is 3.96. The number of carbonyl (C=O) groups is 1. The lowest BCUT2D eigenvalue weighted by Gasteiger charge is -2.34. The number of halogens is 3. The van der Waals surface area contributed by atoms with Crippen LogP contribution in [0, 0.1) is 0 Å². The van der Waals surface area contributed by atoms with Crippen molar-refractivity contribution in [3.05, 3.63) is 59.4 Å². The number of amides is 1. The molecule has 1 fully saturated rings. The molecule has 1 N–H and O–H groups in total. The lowest BCUT2D eigenvalue weighted by atomic mass is 10.0. The van der Waals surface area contributed by atoms with Crippen LogP contribution in [0.25, 0.3) is 0 Å². The van der Waals surface area contributed by atoms with Gasteiger partial charge in [-0.3, -0.25) is 9.78 Å². The summed E-state index contributed by atoms with van der Waals surface area (Å²) in [6.07, 6.45) is -3.54. The average molecular weight is 365 g/mol. The molecule has 8 heteroatoms. The molecule has 1 aliphatic rings. The maximum Gasteiger partial charge on any atom is 0.433 e. The Morgan fingerprint density at radius 1 is 1.23 bits per heavy atom.